The summed E-state index contributed by atoms with van der Waals surface area (Å²) in [5.74, 6) is -1.35. The van der Waals surface area contributed by atoms with Gasteiger partial charge in [-0.2, -0.15) is 4.31 Å². The van der Waals surface area contributed by atoms with Crippen molar-refractivity contribution in [1.29, 1.82) is 0 Å². The zero-order chi connectivity index (χ0) is 14.0. The van der Waals surface area contributed by atoms with Gasteiger partial charge in [0.2, 0.25) is 21.8 Å². The number of carbonyl (C=O) groups excluding carboxylic acids is 2. The van der Waals surface area contributed by atoms with Gasteiger partial charge < -0.3 is 4.74 Å². The van der Waals surface area contributed by atoms with Crippen LogP contribution in [0.2, 0.25) is 0 Å². The summed E-state index contributed by atoms with van der Waals surface area (Å²) in [6.07, 6.45) is 0.321. The van der Waals surface area contributed by atoms with E-state index < -0.39 is 27.4 Å². The molecule has 0 atom stereocenters. The number of nitrogens with one attached hydrogen (secondary N) is 1. The highest BCUT2D eigenvalue weighted by Gasteiger charge is 2.46. The van der Waals surface area contributed by atoms with Crippen molar-refractivity contribution in [2.75, 3.05) is 26.0 Å². The summed E-state index contributed by atoms with van der Waals surface area (Å²) in [7, 11) is -2.18. The molecular formula is C10H18N2O5S. The van der Waals surface area contributed by atoms with E-state index in [-0.39, 0.29) is 12.3 Å². The Balaban J connectivity index is 2.91. The van der Waals surface area contributed by atoms with Crippen LogP contribution in [0.5, 0.6) is 0 Å². The van der Waals surface area contributed by atoms with Crippen molar-refractivity contribution in [3.05, 3.63) is 0 Å². The summed E-state index contributed by atoms with van der Waals surface area (Å²) in [6.45, 7) is 2.94. The number of piperazine rings is 1. The summed E-state index contributed by atoms with van der Waals surface area (Å²) < 4.78 is 30.0. The molecule has 0 bridgehead atoms. The maximum Gasteiger partial charge on any atom is 0.247 e. The van der Waals surface area contributed by atoms with Crippen LogP contribution in [0.3, 0.4) is 0 Å². The minimum absolute atomic E-state index is 0.148. The van der Waals surface area contributed by atoms with Crippen LogP contribution in [0.1, 0.15) is 20.3 Å². The van der Waals surface area contributed by atoms with Gasteiger partial charge in [0, 0.05) is 13.7 Å². The van der Waals surface area contributed by atoms with Crippen molar-refractivity contribution in [2.45, 2.75) is 25.8 Å². The minimum atomic E-state index is -3.66. The average molecular weight is 278 g/mol. The first-order chi connectivity index (χ1) is 8.21. The Morgan fingerprint density at radius 1 is 1.39 bits per heavy atom. The van der Waals surface area contributed by atoms with Gasteiger partial charge in [-0.25, -0.2) is 8.42 Å². The number of ether oxygens (including phenoxy) is 1. The molecule has 1 fully saturated rings. The molecule has 8 heteroatoms. The SMILES string of the molecule is COCCCS(=O)(=O)N1CC(=O)NC(=O)C1(C)C. The molecule has 0 spiro atoms. The van der Waals surface area contributed by atoms with Crippen LogP contribution in [-0.2, 0) is 24.3 Å². The van der Waals surface area contributed by atoms with Crippen LogP contribution in [0.4, 0.5) is 0 Å². The molecule has 1 heterocycles. The van der Waals surface area contributed by atoms with Crippen LogP contribution in [0, 0.1) is 0 Å². The van der Waals surface area contributed by atoms with Crippen molar-refractivity contribution in [3.8, 4) is 0 Å². The molecule has 1 aliphatic rings. The number of nitrogens with zero attached hydrogens (tertiary/aromatic N) is 1. The zero-order valence-corrected chi connectivity index (χ0v) is 11.5. The second-order valence-electron chi connectivity index (χ2n) is 4.61. The Hall–Kier alpha value is -0.990. The Morgan fingerprint density at radius 2 is 2.00 bits per heavy atom. The van der Waals surface area contributed by atoms with Crippen molar-refractivity contribution in [1.82, 2.24) is 9.62 Å². The normalized spacial score (nSPS) is 20.8. The summed E-state index contributed by atoms with van der Waals surface area (Å²) in [5, 5.41) is 2.13. The number of rotatable bonds is 5. The molecule has 0 aromatic rings. The molecule has 1 rings (SSSR count). The van der Waals surface area contributed by atoms with Crippen molar-refractivity contribution < 1.29 is 22.7 Å². The molecule has 0 aromatic heterocycles. The predicted octanol–water partition coefficient (Wildman–Crippen LogP) is -0.910. The third-order valence-electron chi connectivity index (χ3n) is 2.81. The molecule has 18 heavy (non-hydrogen) atoms. The van der Waals surface area contributed by atoms with Gasteiger partial charge >= 0.3 is 0 Å². The lowest BCUT2D eigenvalue weighted by atomic mass is 10.0. The molecule has 2 amide bonds. The van der Waals surface area contributed by atoms with E-state index in [4.69, 9.17) is 4.74 Å². The lowest BCUT2D eigenvalue weighted by Crippen LogP contribution is -2.65. The van der Waals surface area contributed by atoms with E-state index in [0.29, 0.717) is 13.0 Å². The maximum atomic E-state index is 12.1. The molecule has 7 nitrogen and oxygen atoms in total. The van der Waals surface area contributed by atoms with Crippen LogP contribution < -0.4 is 5.32 Å². The first-order valence-electron chi connectivity index (χ1n) is 5.55. The number of carbonyl (C=O) groups is 2. The Labute approximate surface area is 107 Å². The fourth-order valence-corrected chi connectivity index (χ4v) is 3.50. The summed E-state index contributed by atoms with van der Waals surface area (Å²) in [5.41, 5.74) is -1.25. The highest BCUT2D eigenvalue weighted by atomic mass is 32.2. The molecular weight excluding hydrogens is 260 g/mol. The fourth-order valence-electron chi connectivity index (χ4n) is 1.70. The third-order valence-corrected chi connectivity index (χ3v) is 4.87. The first kappa shape index (κ1) is 15.1. The highest BCUT2D eigenvalue weighted by Crippen LogP contribution is 2.22. The number of amides is 2. The van der Waals surface area contributed by atoms with E-state index in [1.807, 2.05) is 0 Å². The summed E-state index contributed by atoms with van der Waals surface area (Å²) >= 11 is 0. The minimum Gasteiger partial charge on any atom is -0.385 e. The quantitative estimate of drug-likeness (QED) is 0.519. The van der Waals surface area contributed by atoms with E-state index in [1.165, 1.54) is 21.0 Å². The smallest absolute Gasteiger partial charge is 0.247 e. The topological polar surface area (TPSA) is 92.8 Å². The second-order valence-corrected chi connectivity index (χ2v) is 6.62. The van der Waals surface area contributed by atoms with E-state index in [2.05, 4.69) is 5.32 Å². The first-order valence-corrected chi connectivity index (χ1v) is 7.16. The van der Waals surface area contributed by atoms with E-state index in [9.17, 15) is 18.0 Å². The van der Waals surface area contributed by atoms with Crippen molar-refractivity contribution in [2.24, 2.45) is 0 Å². The van der Waals surface area contributed by atoms with Gasteiger partial charge in [0.05, 0.1) is 12.3 Å². The number of imide groups is 1. The third kappa shape index (κ3) is 3.06. The van der Waals surface area contributed by atoms with E-state index >= 15 is 0 Å². The Kier molecular flexibility index (Phi) is 4.46. The average Bonchev–Trinajstić information content (AvgIpc) is 2.24. The van der Waals surface area contributed by atoms with Crippen LogP contribution in [0.25, 0.3) is 0 Å². The Morgan fingerprint density at radius 3 is 2.56 bits per heavy atom. The standard InChI is InChI=1S/C10H18N2O5S/c1-10(2)9(14)11-8(13)7-12(10)18(15,16)6-4-5-17-3/h4-7H2,1-3H3,(H,11,13,14). The van der Waals surface area contributed by atoms with Crippen molar-refractivity contribution >= 4 is 21.8 Å². The lowest BCUT2D eigenvalue weighted by Gasteiger charge is -2.38. The largest absolute Gasteiger partial charge is 0.385 e. The van der Waals surface area contributed by atoms with E-state index in [0.717, 1.165) is 4.31 Å². The van der Waals surface area contributed by atoms with Gasteiger partial charge in [0.25, 0.3) is 0 Å². The van der Waals surface area contributed by atoms with Gasteiger partial charge in [0.1, 0.15) is 5.54 Å². The maximum absolute atomic E-state index is 12.1. The molecule has 1 saturated heterocycles. The van der Waals surface area contributed by atoms with Crippen LogP contribution >= 0.6 is 0 Å². The Bertz CT molecular complexity index is 443. The number of methoxy groups -OCH3 is 1. The van der Waals surface area contributed by atoms with Gasteiger partial charge in [-0.1, -0.05) is 0 Å². The summed E-state index contributed by atoms with van der Waals surface area (Å²) in [4.78, 5) is 22.9. The fraction of sp³-hybridized carbons (Fsp3) is 0.800. The molecule has 0 aliphatic carbocycles. The molecule has 0 unspecified atom stereocenters. The van der Waals surface area contributed by atoms with Gasteiger partial charge in [0.15, 0.2) is 0 Å². The molecule has 104 valence electrons. The van der Waals surface area contributed by atoms with Gasteiger partial charge in [-0.3, -0.25) is 14.9 Å². The zero-order valence-electron chi connectivity index (χ0n) is 10.7. The molecule has 0 radical (unpaired) electrons. The predicted molar refractivity (Wildman–Crippen MR) is 64.2 cm³/mol. The lowest BCUT2D eigenvalue weighted by molar-refractivity contribution is -0.141. The van der Waals surface area contributed by atoms with Crippen molar-refractivity contribution in [3.63, 3.8) is 0 Å². The van der Waals surface area contributed by atoms with Crippen LogP contribution in [-0.4, -0.2) is 56.1 Å². The highest BCUT2D eigenvalue weighted by molar-refractivity contribution is 7.89. The second kappa shape index (κ2) is 5.33. The van der Waals surface area contributed by atoms with Gasteiger partial charge in [-0.15, -0.1) is 0 Å². The molecule has 1 N–H and O–H groups in total. The molecule has 0 aromatic carbocycles. The monoisotopic (exact) mass is 278 g/mol. The molecule has 1 aliphatic heterocycles. The summed E-state index contributed by atoms with van der Waals surface area (Å²) in [6, 6.07) is 0. The van der Waals surface area contributed by atoms with E-state index in [1.54, 1.807) is 0 Å². The number of sulfonamides is 1. The number of hydrogen-bond donors (Lipinski definition) is 1. The van der Waals surface area contributed by atoms with Gasteiger partial charge in [-0.05, 0) is 20.3 Å². The van der Waals surface area contributed by atoms with Crippen LogP contribution in [0.15, 0.2) is 0 Å². The number of hydrogen-bond acceptors (Lipinski definition) is 5. The molecule has 0 saturated carbocycles.